The molecule has 3 aromatic carbocycles. The molecule has 2 aliphatic rings. The number of anilines is 2. The molecule has 5 rings (SSSR count). The van der Waals surface area contributed by atoms with E-state index >= 15 is 0 Å². The van der Waals surface area contributed by atoms with Crippen LogP contribution < -0.4 is 10.0 Å². The molecule has 0 fully saturated rings. The fraction of sp³-hybridized carbons (Fsp3) is 0.286. The molecule has 0 unspecified atom stereocenters. The molecule has 1 aliphatic heterocycles. The smallest absolute Gasteiger partial charge is 0.261 e. The van der Waals surface area contributed by atoms with Crippen molar-refractivity contribution in [3.63, 3.8) is 0 Å². The second-order valence-corrected chi connectivity index (χ2v) is 12.9. The quantitative estimate of drug-likeness (QED) is 0.339. The molecule has 1 heterocycles. The van der Waals surface area contributed by atoms with Gasteiger partial charge in [0.2, 0.25) is 0 Å². The highest BCUT2D eigenvalue weighted by Crippen LogP contribution is 2.50. The molecule has 2 N–H and O–H groups in total. The van der Waals surface area contributed by atoms with E-state index in [1.165, 1.54) is 23.3 Å². The second kappa shape index (κ2) is 8.88. The summed E-state index contributed by atoms with van der Waals surface area (Å²) in [5, 5.41) is 4.43. The summed E-state index contributed by atoms with van der Waals surface area (Å²) in [5.41, 5.74) is 4.96. The third-order valence-corrected chi connectivity index (χ3v) is 8.71. The molecule has 0 bridgehead atoms. The maximum Gasteiger partial charge on any atom is 0.261 e. The van der Waals surface area contributed by atoms with Gasteiger partial charge in [-0.3, -0.25) is 4.72 Å². The lowest BCUT2D eigenvalue weighted by atomic mass is 9.76. The summed E-state index contributed by atoms with van der Waals surface area (Å²) in [6.45, 7) is 6.65. The average Bonchev–Trinajstić information content (AvgIpc) is 3.27. The molecule has 35 heavy (non-hydrogen) atoms. The molecule has 0 radical (unpaired) electrons. The Hall–Kier alpha value is -2.47. The van der Waals surface area contributed by atoms with Crippen molar-refractivity contribution in [2.75, 3.05) is 10.0 Å². The second-order valence-electron chi connectivity index (χ2n) is 10.4. The van der Waals surface area contributed by atoms with Crippen LogP contribution >= 0.6 is 23.2 Å². The number of fused-ring (bicyclic) bond motifs is 3. The molecule has 0 spiro atoms. The first-order valence-electron chi connectivity index (χ1n) is 11.7. The minimum absolute atomic E-state index is 0.106. The molecule has 0 saturated heterocycles. The highest BCUT2D eigenvalue weighted by Gasteiger charge is 2.38. The Morgan fingerprint density at radius 3 is 2.29 bits per heavy atom. The number of allylic oxidation sites excluding steroid dienone is 2. The number of rotatable bonds is 4. The molecule has 0 amide bonds. The highest BCUT2D eigenvalue weighted by molar-refractivity contribution is 7.92. The van der Waals surface area contributed by atoms with Crippen molar-refractivity contribution >= 4 is 44.6 Å². The Labute approximate surface area is 217 Å². The molecule has 7 heteroatoms. The van der Waals surface area contributed by atoms with E-state index in [1.54, 1.807) is 18.2 Å². The van der Waals surface area contributed by atoms with Crippen LogP contribution in [0.2, 0.25) is 10.0 Å². The first-order valence-corrected chi connectivity index (χ1v) is 13.9. The summed E-state index contributed by atoms with van der Waals surface area (Å²) in [6.07, 6.45) is 5.36. The Morgan fingerprint density at radius 1 is 0.943 bits per heavy atom. The van der Waals surface area contributed by atoms with Crippen molar-refractivity contribution in [3.05, 3.63) is 99.6 Å². The molecule has 0 aromatic heterocycles. The van der Waals surface area contributed by atoms with Gasteiger partial charge in [0.05, 0.1) is 16.6 Å². The van der Waals surface area contributed by atoms with Gasteiger partial charge in [0, 0.05) is 21.7 Å². The van der Waals surface area contributed by atoms with E-state index in [-0.39, 0.29) is 22.3 Å². The lowest BCUT2D eigenvalue weighted by Crippen LogP contribution is -2.29. The number of sulfonamides is 1. The van der Waals surface area contributed by atoms with E-state index < -0.39 is 10.0 Å². The lowest BCUT2D eigenvalue weighted by molar-refractivity contribution is 0.425. The molecule has 182 valence electrons. The van der Waals surface area contributed by atoms with Crippen molar-refractivity contribution < 1.29 is 8.42 Å². The molecular formula is C28H28Cl2N2O2S. The van der Waals surface area contributed by atoms with Gasteiger partial charge in [-0.2, -0.15) is 0 Å². The zero-order valence-electron chi connectivity index (χ0n) is 19.8. The normalized spacial score (nSPS) is 21.2. The fourth-order valence-corrected chi connectivity index (χ4v) is 6.69. The number of nitrogens with one attached hydrogen (secondary N) is 2. The van der Waals surface area contributed by atoms with Crippen LogP contribution in [-0.4, -0.2) is 8.42 Å². The van der Waals surface area contributed by atoms with E-state index in [0.29, 0.717) is 21.7 Å². The van der Waals surface area contributed by atoms with Crippen molar-refractivity contribution in [1.82, 2.24) is 0 Å². The average molecular weight is 528 g/mol. The van der Waals surface area contributed by atoms with Crippen molar-refractivity contribution in [2.45, 2.75) is 49.5 Å². The van der Waals surface area contributed by atoms with Crippen LogP contribution in [0.3, 0.4) is 0 Å². The van der Waals surface area contributed by atoms with Crippen LogP contribution in [0.5, 0.6) is 0 Å². The van der Waals surface area contributed by atoms with Crippen molar-refractivity contribution in [3.8, 4) is 0 Å². The Kier molecular flexibility index (Phi) is 6.15. The monoisotopic (exact) mass is 526 g/mol. The molecular weight excluding hydrogens is 499 g/mol. The van der Waals surface area contributed by atoms with E-state index in [2.05, 4.69) is 67.2 Å². The first kappa shape index (κ1) is 24.2. The third kappa shape index (κ3) is 4.82. The Bertz CT molecular complexity index is 1390. The molecule has 1 aliphatic carbocycles. The van der Waals surface area contributed by atoms with E-state index in [9.17, 15) is 8.42 Å². The first-order chi connectivity index (χ1) is 16.5. The summed E-state index contributed by atoms with van der Waals surface area (Å²) < 4.78 is 28.9. The predicted octanol–water partition coefficient (Wildman–Crippen LogP) is 7.92. The zero-order valence-corrected chi connectivity index (χ0v) is 22.2. The van der Waals surface area contributed by atoms with Gasteiger partial charge in [0.25, 0.3) is 10.0 Å². The third-order valence-electron chi connectivity index (χ3n) is 6.90. The maximum absolute atomic E-state index is 13.2. The van der Waals surface area contributed by atoms with E-state index in [1.807, 2.05) is 6.07 Å². The number of benzene rings is 3. The minimum atomic E-state index is -3.81. The summed E-state index contributed by atoms with van der Waals surface area (Å²) in [7, 11) is -3.81. The van der Waals surface area contributed by atoms with Gasteiger partial charge < -0.3 is 5.32 Å². The predicted molar refractivity (Wildman–Crippen MR) is 145 cm³/mol. The summed E-state index contributed by atoms with van der Waals surface area (Å²) in [5.74, 6) is 0.468. The zero-order chi connectivity index (χ0) is 25.0. The van der Waals surface area contributed by atoms with Crippen molar-refractivity contribution in [1.29, 1.82) is 0 Å². The van der Waals surface area contributed by atoms with Crippen LogP contribution in [0, 0.1) is 5.92 Å². The summed E-state index contributed by atoms with van der Waals surface area (Å²) >= 11 is 12.1. The van der Waals surface area contributed by atoms with Gasteiger partial charge >= 0.3 is 0 Å². The highest BCUT2D eigenvalue weighted by atomic mass is 35.5. The van der Waals surface area contributed by atoms with Crippen LogP contribution in [0.15, 0.2) is 77.7 Å². The van der Waals surface area contributed by atoms with E-state index in [4.69, 9.17) is 23.2 Å². The largest absolute Gasteiger partial charge is 0.378 e. The number of halogens is 2. The van der Waals surface area contributed by atoms with Gasteiger partial charge in [0.15, 0.2) is 0 Å². The standard InChI is InChI=1S/C28H28Cl2N2O2S/c1-28(2,3)18-9-7-17(8-10-18)27-24-6-4-5-23(24)25-16-22(11-12-26(25)31-27)35(33,34)32-21-14-19(29)13-20(30)15-21/h4-5,7-16,23-24,27,31-32H,6H2,1-3H3/t23-,24+,27+/m0/s1. The van der Waals surface area contributed by atoms with Crippen LogP contribution in [0.4, 0.5) is 11.4 Å². The minimum Gasteiger partial charge on any atom is -0.378 e. The van der Waals surface area contributed by atoms with E-state index in [0.717, 1.165) is 17.7 Å². The Morgan fingerprint density at radius 2 is 1.63 bits per heavy atom. The van der Waals surface area contributed by atoms with Crippen LogP contribution in [0.25, 0.3) is 0 Å². The molecule has 4 nitrogen and oxygen atoms in total. The van der Waals surface area contributed by atoms with Gasteiger partial charge in [-0.15, -0.1) is 0 Å². The van der Waals surface area contributed by atoms with Crippen LogP contribution in [-0.2, 0) is 15.4 Å². The Balaban J connectivity index is 1.46. The number of hydrogen-bond acceptors (Lipinski definition) is 3. The molecule has 3 atom stereocenters. The topological polar surface area (TPSA) is 58.2 Å². The summed E-state index contributed by atoms with van der Waals surface area (Å²) in [4.78, 5) is 0.209. The van der Waals surface area contributed by atoms with Crippen LogP contribution in [0.1, 0.15) is 55.8 Å². The fourth-order valence-electron chi connectivity index (χ4n) is 5.09. The SMILES string of the molecule is CC(C)(C)c1ccc([C@H]2Nc3ccc(S(=O)(=O)Nc4cc(Cl)cc(Cl)c4)cc3[C@H]3C=CC[C@H]32)cc1. The van der Waals surface area contributed by atoms with Crippen molar-refractivity contribution in [2.24, 2.45) is 5.92 Å². The van der Waals surface area contributed by atoms with Gasteiger partial charge in [-0.1, -0.05) is 80.4 Å². The van der Waals surface area contributed by atoms with Gasteiger partial charge in [0.1, 0.15) is 0 Å². The molecule has 3 aromatic rings. The molecule has 0 saturated carbocycles. The summed E-state index contributed by atoms with van der Waals surface area (Å²) in [6, 6.07) is 19.0. The van der Waals surface area contributed by atoms with Gasteiger partial charge in [-0.05, 0) is 70.8 Å². The van der Waals surface area contributed by atoms with Gasteiger partial charge in [-0.25, -0.2) is 8.42 Å². The lowest BCUT2D eigenvalue weighted by Gasteiger charge is -2.38. The maximum atomic E-state index is 13.2. The number of hydrogen-bond donors (Lipinski definition) is 2.